The number of hydrogen-bond acceptors (Lipinski definition) is 3. The smallest absolute Gasteiger partial charge is 0.404 e. The number of benzene rings is 1. The van der Waals surface area contributed by atoms with Crippen LogP contribution in [0.3, 0.4) is 0 Å². The first kappa shape index (κ1) is 18.1. The van der Waals surface area contributed by atoms with Gasteiger partial charge in [0.05, 0.1) is 0 Å². The summed E-state index contributed by atoms with van der Waals surface area (Å²) in [6.45, 7) is 8.77. The molecule has 0 aliphatic heterocycles. The van der Waals surface area contributed by atoms with Crippen molar-refractivity contribution in [2.45, 2.75) is 70.8 Å². The van der Waals surface area contributed by atoms with Crippen molar-refractivity contribution in [3.05, 3.63) is 29.3 Å². The lowest BCUT2D eigenvalue weighted by Gasteiger charge is -2.24. The molecule has 1 saturated carbocycles. The first-order valence-corrected chi connectivity index (χ1v) is 8.78. The molecule has 0 spiro atoms. The molecule has 1 atom stereocenters. The van der Waals surface area contributed by atoms with Crippen LogP contribution in [0.1, 0.15) is 70.4 Å². The third-order valence-electron chi connectivity index (χ3n) is 4.44. The summed E-state index contributed by atoms with van der Waals surface area (Å²) >= 11 is 5.24. The lowest BCUT2D eigenvalue weighted by Crippen LogP contribution is -2.20. The van der Waals surface area contributed by atoms with Gasteiger partial charge in [-0.15, -0.1) is 0 Å². The quantitative estimate of drug-likeness (QED) is 0.638. The average Bonchev–Trinajstić information content (AvgIpc) is 2.97. The van der Waals surface area contributed by atoms with Crippen molar-refractivity contribution in [1.29, 1.82) is 0 Å². The molecule has 23 heavy (non-hydrogen) atoms. The van der Waals surface area contributed by atoms with Crippen molar-refractivity contribution in [3.63, 3.8) is 0 Å². The highest BCUT2D eigenvalue weighted by Crippen LogP contribution is 2.40. The lowest BCUT2D eigenvalue weighted by atomic mass is 9.84. The number of carbonyl (C=O) groups excluding carboxylic acids is 1. The molecule has 3 nitrogen and oxygen atoms in total. The second kappa shape index (κ2) is 7.57. The topological polar surface area (TPSA) is 35.5 Å². The van der Waals surface area contributed by atoms with Crippen LogP contribution < -0.4 is 4.74 Å². The molecule has 0 bridgehead atoms. The van der Waals surface area contributed by atoms with E-state index in [-0.39, 0.29) is 11.5 Å². The highest BCUT2D eigenvalue weighted by molar-refractivity contribution is 6.61. The third-order valence-corrected chi connectivity index (χ3v) is 4.53. The zero-order chi connectivity index (χ0) is 17.0. The van der Waals surface area contributed by atoms with Gasteiger partial charge >= 0.3 is 5.43 Å². The van der Waals surface area contributed by atoms with Crippen LogP contribution in [0.5, 0.6) is 5.75 Å². The van der Waals surface area contributed by atoms with Gasteiger partial charge in [0, 0.05) is 11.6 Å². The van der Waals surface area contributed by atoms with Gasteiger partial charge in [0.15, 0.2) is 0 Å². The van der Waals surface area contributed by atoms with Crippen molar-refractivity contribution >= 4 is 17.0 Å². The van der Waals surface area contributed by atoms with Crippen molar-refractivity contribution in [2.24, 2.45) is 0 Å². The largest absolute Gasteiger partial charge is 0.489 e. The van der Waals surface area contributed by atoms with Crippen molar-refractivity contribution in [3.8, 4) is 5.75 Å². The Morgan fingerprint density at radius 2 is 1.96 bits per heavy atom. The number of halogens is 1. The van der Waals surface area contributed by atoms with E-state index in [1.54, 1.807) is 6.92 Å². The summed E-state index contributed by atoms with van der Waals surface area (Å²) in [5.41, 5.74) is 1.94. The van der Waals surface area contributed by atoms with Gasteiger partial charge in [-0.1, -0.05) is 45.7 Å². The minimum atomic E-state index is -0.791. The normalized spacial score (nSPS) is 17.1. The molecule has 1 aromatic carbocycles. The molecule has 0 radical (unpaired) electrons. The SMILES string of the molecule is CC(COc1ccc(C(C)(C)C)cc1C1CCCC1)OC(=O)Cl. The van der Waals surface area contributed by atoms with Crippen LogP contribution in [0.4, 0.5) is 4.79 Å². The summed E-state index contributed by atoms with van der Waals surface area (Å²) in [6, 6.07) is 6.49. The van der Waals surface area contributed by atoms with E-state index >= 15 is 0 Å². The molecular weight excluding hydrogens is 312 g/mol. The molecule has 4 heteroatoms. The van der Waals surface area contributed by atoms with Crippen LogP contribution in [0.15, 0.2) is 18.2 Å². The van der Waals surface area contributed by atoms with Crippen LogP contribution in [0.25, 0.3) is 0 Å². The minimum absolute atomic E-state index is 0.118. The maximum Gasteiger partial charge on any atom is 0.404 e. The molecule has 0 saturated heterocycles. The molecule has 0 N–H and O–H groups in total. The number of carbonyl (C=O) groups is 1. The van der Waals surface area contributed by atoms with E-state index in [9.17, 15) is 4.79 Å². The monoisotopic (exact) mass is 338 g/mol. The first-order chi connectivity index (χ1) is 10.8. The summed E-state index contributed by atoms with van der Waals surface area (Å²) in [6.07, 6.45) is 4.64. The number of rotatable bonds is 5. The van der Waals surface area contributed by atoms with E-state index in [1.165, 1.54) is 36.8 Å². The van der Waals surface area contributed by atoms with Crippen molar-refractivity contribution in [1.82, 2.24) is 0 Å². The van der Waals surface area contributed by atoms with Crippen LogP contribution >= 0.6 is 11.6 Å². The zero-order valence-electron chi connectivity index (χ0n) is 14.5. The van der Waals surface area contributed by atoms with E-state index in [0.29, 0.717) is 12.5 Å². The Hall–Kier alpha value is -1.22. The molecule has 2 rings (SSSR count). The molecule has 1 aromatic rings. The predicted molar refractivity (Wildman–Crippen MR) is 93.6 cm³/mol. The van der Waals surface area contributed by atoms with Gasteiger partial charge in [-0.3, -0.25) is 0 Å². The average molecular weight is 339 g/mol. The lowest BCUT2D eigenvalue weighted by molar-refractivity contribution is 0.0932. The fourth-order valence-electron chi connectivity index (χ4n) is 3.10. The summed E-state index contributed by atoms with van der Waals surface area (Å²) < 4.78 is 10.9. The van der Waals surface area contributed by atoms with E-state index < -0.39 is 5.43 Å². The Labute approximate surface area is 144 Å². The summed E-state index contributed by atoms with van der Waals surface area (Å²) in [5.74, 6) is 1.47. The van der Waals surface area contributed by atoms with Gasteiger partial charge in [0.25, 0.3) is 0 Å². The van der Waals surface area contributed by atoms with Gasteiger partial charge in [0.1, 0.15) is 18.5 Å². The Morgan fingerprint density at radius 1 is 1.30 bits per heavy atom. The summed E-state index contributed by atoms with van der Waals surface area (Å²) in [7, 11) is 0. The Bertz CT molecular complexity index is 542. The van der Waals surface area contributed by atoms with E-state index in [4.69, 9.17) is 21.1 Å². The van der Waals surface area contributed by atoms with Gasteiger partial charge < -0.3 is 9.47 Å². The fourth-order valence-corrected chi connectivity index (χ4v) is 3.25. The number of ether oxygens (including phenoxy) is 2. The Balaban J connectivity index is 2.18. The van der Waals surface area contributed by atoms with Crippen molar-refractivity contribution in [2.75, 3.05) is 6.61 Å². The Morgan fingerprint density at radius 3 is 2.52 bits per heavy atom. The molecule has 0 amide bonds. The van der Waals surface area contributed by atoms with Gasteiger partial charge in [-0.05, 0) is 48.3 Å². The second-order valence-corrected chi connectivity index (χ2v) is 7.77. The summed E-state index contributed by atoms with van der Waals surface area (Å²) in [5, 5.41) is 0. The Kier molecular flexibility index (Phi) is 5.96. The van der Waals surface area contributed by atoms with Crippen molar-refractivity contribution < 1.29 is 14.3 Å². The molecule has 128 valence electrons. The van der Waals surface area contributed by atoms with E-state index in [2.05, 4.69) is 39.0 Å². The molecule has 1 fully saturated rings. The number of hydrogen-bond donors (Lipinski definition) is 0. The standard InChI is InChI=1S/C19H27ClO3/c1-13(23-18(20)21)12-22-17-10-9-15(19(2,3)4)11-16(17)14-7-5-6-8-14/h9-11,13-14H,5-8,12H2,1-4H3. The fraction of sp³-hybridized carbons (Fsp3) is 0.632. The van der Waals surface area contributed by atoms with Gasteiger partial charge in [-0.2, -0.15) is 0 Å². The molecule has 1 aliphatic carbocycles. The molecular formula is C19H27ClO3. The van der Waals surface area contributed by atoms with Crippen LogP contribution in [0, 0.1) is 0 Å². The van der Waals surface area contributed by atoms with Gasteiger partial charge in [-0.25, -0.2) is 4.79 Å². The molecule has 1 unspecified atom stereocenters. The van der Waals surface area contributed by atoms with Crippen LogP contribution in [-0.4, -0.2) is 18.1 Å². The second-order valence-electron chi connectivity index (χ2n) is 7.46. The minimum Gasteiger partial charge on any atom is -0.489 e. The first-order valence-electron chi connectivity index (χ1n) is 8.40. The highest BCUT2D eigenvalue weighted by Gasteiger charge is 2.24. The predicted octanol–water partition coefficient (Wildman–Crippen LogP) is 5.78. The van der Waals surface area contributed by atoms with E-state index in [1.807, 2.05) is 0 Å². The summed E-state index contributed by atoms with van der Waals surface area (Å²) in [4.78, 5) is 10.8. The molecule has 1 aliphatic rings. The highest BCUT2D eigenvalue weighted by atomic mass is 35.5. The van der Waals surface area contributed by atoms with Gasteiger partial charge in [0.2, 0.25) is 0 Å². The van der Waals surface area contributed by atoms with E-state index in [0.717, 1.165) is 5.75 Å². The third kappa shape index (κ3) is 5.13. The molecule has 0 heterocycles. The molecule has 0 aromatic heterocycles. The zero-order valence-corrected chi connectivity index (χ0v) is 15.3. The van der Waals surface area contributed by atoms with Crippen LogP contribution in [0.2, 0.25) is 0 Å². The maximum atomic E-state index is 10.8. The van der Waals surface area contributed by atoms with Crippen LogP contribution in [-0.2, 0) is 10.2 Å². The maximum absolute atomic E-state index is 10.8.